The number of amides is 4. The average Bonchev–Trinajstić information content (AvgIpc) is 3.73. The Bertz CT molecular complexity index is 2170. The lowest BCUT2D eigenvalue weighted by molar-refractivity contribution is -0.138. The second-order valence-electron chi connectivity index (χ2n) is 13.7. The Morgan fingerprint density at radius 2 is 1.84 bits per heavy atom. The van der Waals surface area contributed by atoms with E-state index in [0.29, 0.717) is 35.1 Å². The molecule has 2 aromatic heterocycles. The molecular weight excluding hydrogens is 664 g/mol. The number of halogens is 1. The van der Waals surface area contributed by atoms with Gasteiger partial charge >= 0.3 is 0 Å². The molecule has 8 rings (SSSR count). The molecule has 1 N–H and O–H groups in total. The smallest absolute Gasteiger partial charge is 0.242 e. The molecule has 252 valence electrons. The highest BCUT2D eigenvalue weighted by atomic mass is 35.5. The van der Waals surface area contributed by atoms with Crippen LogP contribution in [0, 0.1) is 36.0 Å². The van der Waals surface area contributed by atoms with Gasteiger partial charge in [0.2, 0.25) is 23.6 Å². The van der Waals surface area contributed by atoms with Gasteiger partial charge in [-0.2, -0.15) is 5.10 Å². The number of ether oxygens (including phenoxy) is 1. The van der Waals surface area contributed by atoms with Crippen molar-refractivity contribution in [3.05, 3.63) is 70.3 Å². The normalized spacial score (nSPS) is 27.9. The van der Waals surface area contributed by atoms with Crippen molar-refractivity contribution in [2.24, 2.45) is 36.1 Å². The Balaban J connectivity index is 1.27. The average molecular weight is 699 g/mol. The summed E-state index contributed by atoms with van der Waals surface area (Å²) in [6, 6.07) is 12.7. The Labute approximate surface area is 291 Å². The minimum Gasteiger partial charge on any atom is -0.504 e. The van der Waals surface area contributed by atoms with E-state index in [1.807, 2.05) is 38.1 Å². The highest BCUT2D eigenvalue weighted by molar-refractivity contribution is 7.22. The first-order chi connectivity index (χ1) is 23.4. The topological polar surface area (TPSA) is 122 Å². The number of nitrogens with zero attached hydrogens (tertiary/aromatic N) is 4. The van der Waals surface area contributed by atoms with E-state index in [0.717, 1.165) is 26.1 Å². The number of imide groups is 2. The number of aromatic hydroxyl groups is 1. The largest absolute Gasteiger partial charge is 0.504 e. The fraction of sp³-hybridized carbons (Fsp3) is 0.378. The van der Waals surface area contributed by atoms with E-state index in [2.05, 4.69) is 0 Å². The molecular formula is C37H35ClN4O6S. The highest BCUT2D eigenvalue weighted by Gasteiger charge is 2.68. The first-order valence-electron chi connectivity index (χ1n) is 16.5. The molecule has 0 radical (unpaired) electrons. The number of carbonyl (C=O) groups excluding carboxylic acids is 4. The number of carbonyl (C=O) groups is 4. The molecule has 0 spiro atoms. The van der Waals surface area contributed by atoms with Crippen LogP contribution in [0.3, 0.4) is 0 Å². The number of phenols is 1. The summed E-state index contributed by atoms with van der Waals surface area (Å²) in [5.74, 6) is -4.02. The van der Waals surface area contributed by atoms with E-state index in [4.69, 9.17) is 21.4 Å². The summed E-state index contributed by atoms with van der Waals surface area (Å²) >= 11 is 7.86. The predicted octanol–water partition coefficient (Wildman–Crippen LogP) is 6.23. The van der Waals surface area contributed by atoms with Crippen molar-refractivity contribution < 1.29 is 29.0 Å². The van der Waals surface area contributed by atoms with Gasteiger partial charge in [-0.3, -0.25) is 28.8 Å². The van der Waals surface area contributed by atoms with E-state index in [-0.39, 0.29) is 29.7 Å². The Morgan fingerprint density at radius 1 is 1.06 bits per heavy atom. The summed E-state index contributed by atoms with van der Waals surface area (Å²) in [4.78, 5) is 59.7. The van der Waals surface area contributed by atoms with Gasteiger partial charge in [-0.25, -0.2) is 4.90 Å². The van der Waals surface area contributed by atoms with Crippen LogP contribution in [0.4, 0.5) is 5.82 Å². The van der Waals surface area contributed by atoms with E-state index in [1.165, 1.54) is 16.8 Å². The van der Waals surface area contributed by atoms with Gasteiger partial charge in [0.05, 0.1) is 34.7 Å². The molecule has 4 aliphatic rings. The number of rotatable bonds is 5. The van der Waals surface area contributed by atoms with Crippen LogP contribution in [0.25, 0.3) is 20.7 Å². The fourth-order valence-electron chi connectivity index (χ4n) is 8.99. The third kappa shape index (κ3) is 4.27. The third-order valence-electron chi connectivity index (χ3n) is 11.4. The number of aromatic nitrogens is 2. The van der Waals surface area contributed by atoms with Crippen LogP contribution in [-0.2, 0) is 26.2 Å². The quantitative estimate of drug-likeness (QED) is 0.194. The van der Waals surface area contributed by atoms with Gasteiger partial charge in [-0.15, -0.1) is 11.3 Å². The van der Waals surface area contributed by atoms with Gasteiger partial charge in [0.1, 0.15) is 11.5 Å². The van der Waals surface area contributed by atoms with Crippen LogP contribution in [0.5, 0.6) is 11.5 Å². The molecule has 12 heteroatoms. The molecule has 6 atom stereocenters. The van der Waals surface area contributed by atoms with E-state index < -0.39 is 46.8 Å². The SMILES string of the molecule is CCOc1cccc([C@H]2C3=CC[C@@H]4C(=O)N(C)C(=O)[C@@H]4[C@@H]3C[C@H]3C(=O)N(c4cc(-c5sc6ccc(Cl)cc6c5C)nn4C)C(=O)[C@@]23C)c1O. The molecule has 1 saturated carbocycles. The summed E-state index contributed by atoms with van der Waals surface area (Å²) in [6.07, 6.45) is 2.53. The predicted molar refractivity (Wildman–Crippen MR) is 185 cm³/mol. The van der Waals surface area contributed by atoms with Crippen LogP contribution in [0.2, 0.25) is 5.02 Å². The number of likely N-dealkylation sites (tertiary alicyclic amines) is 1. The molecule has 10 nitrogen and oxygen atoms in total. The maximum absolute atomic E-state index is 15.0. The van der Waals surface area contributed by atoms with E-state index in [1.54, 1.807) is 54.3 Å². The molecule has 2 aliphatic carbocycles. The van der Waals surface area contributed by atoms with Crippen molar-refractivity contribution in [1.29, 1.82) is 0 Å². The van der Waals surface area contributed by atoms with Crippen molar-refractivity contribution in [1.82, 2.24) is 14.7 Å². The second-order valence-corrected chi connectivity index (χ2v) is 15.2. The number of thiophene rings is 1. The molecule has 2 aliphatic heterocycles. The lowest BCUT2D eigenvalue weighted by Gasteiger charge is -2.49. The molecule has 0 unspecified atom stereocenters. The zero-order chi connectivity index (χ0) is 34.7. The lowest BCUT2D eigenvalue weighted by atomic mass is 9.51. The zero-order valence-corrected chi connectivity index (χ0v) is 29.3. The first-order valence-corrected chi connectivity index (χ1v) is 17.6. The minimum atomic E-state index is -1.32. The number of phenolic OH excluding ortho intramolecular Hbond substituents is 1. The van der Waals surface area contributed by atoms with Gasteiger partial charge in [0, 0.05) is 41.4 Å². The van der Waals surface area contributed by atoms with Crippen LogP contribution >= 0.6 is 22.9 Å². The van der Waals surface area contributed by atoms with Crippen LogP contribution in [0.15, 0.2) is 54.1 Å². The van der Waals surface area contributed by atoms with Gasteiger partial charge in [0.25, 0.3) is 0 Å². The Hall–Kier alpha value is -4.48. The summed E-state index contributed by atoms with van der Waals surface area (Å²) in [5.41, 5.74) is 1.56. The highest BCUT2D eigenvalue weighted by Crippen LogP contribution is 2.64. The van der Waals surface area contributed by atoms with Crippen molar-refractivity contribution in [2.75, 3.05) is 18.6 Å². The van der Waals surface area contributed by atoms with E-state index in [9.17, 15) is 24.3 Å². The van der Waals surface area contributed by atoms with Crippen LogP contribution < -0.4 is 9.64 Å². The molecule has 4 aromatic rings. The van der Waals surface area contributed by atoms with Gasteiger partial charge in [-0.05, 0) is 74.7 Å². The van der Waals surface area contributed by atoms with Crippen molar-refractivity contribution >= 4 is 62.5 Å². The van der Waals surface area contributed by atoms with Crippen LogP contribution in [0.1, 0.15) is 43.7 Å². The van der Waals surface area contributed by atoms with E-state index >= 15 is 0 Å². The summed E-state index contributed by atoms with van der Waals surface area (Å²) < 4.78 is 8.35. The van der Waals surface area contributed by atoms with Crippen molar-refractivity contribution in [3.8, 4) is 22.1 Å². The van der Waals surface area contributed by atoms with Gasteiger partial charge in [0.15, 0.2) is 11.5 Å². The van der Waals surface area contributed by atoms with Gasteiger partial charge in [-0.1, -0.05) is 35.4 Å². The number of fused-ring (bicyclic) bond motifs is 5. The molecule has 4 amide bonds. The summed E-state index contributed by atoms with van der Waals surface area (Å²) in [5, 5.41) is 18.0. The van der Waals surface area contributed by atoms with Gasteiger partial charge < -0.3 is 9.84 Å². The summed E-state index contributed by atoms with van der Waals surface area (Å²) in [7, 11) is 3.22. The number of anilines is 1. The Morgan fingerprint density at radius 3 is 2.59 bits per heavy atom. The molecule has 2 saturated heterocycles. The summed E-state index contributed by atoms with van der Waals surface area (Å²) in [6.45, 7) is 5.93. The number of para-hydroxylation sites is 1. The minimum absolute atomic E-state index is 0.106. The maximum atomic E-state index is 15.0. The number of benzene rings is 2. The number of allylic oxidation sites excluding steroid dienone is 2. The Kier molecular flexibility index (Phi) is 7.14. The molecule has 4 heterocycles. The fourth-order valence-corrected chi connectivity index (χ4v) is 10.3. The van der Waals surface area contributed by atoms with Crippen molar-refractivity contribution in [2.45, 2.75) is 39.5 Å². The standard InChI is InChI=1S/C37H35ClN4O6S/c1-6-48-26-9-7-8-21(31(26)43)30-19-11-12-20-29(35(46)40(4)33(20)44)23(19)15-24-34(45)42(36(47)37(24,30)3)28-16-25(39-41(28)5)32-17(2)22-14-18(38)10-13-27(22)49-32/h7-11,13-14,16,20,23-24,29-30,43H,6,12,15H2,1-5H3/t20-,23+,24-,29-,30+,37+/m0/s1. The molecule has 3 fully saturated rings. The monoisotopic (exact) mass is 698 g/mol. The van der Waals surface area contributed by atoms with Crippen LogP contribution in [-0.4, -0.2) is 57.1 Å². The molecule has 0 bridgehead atoms. The molecule has 49 heavy (non-hydrogen) atoms. The molecule has 2 aromatic carbocycles. The number of hydrogen-bond acceptors (Lipinski definition) is 8. The second kappa shape index (κ2) is 11.0. The third-order valence-corrected chi connectivity index (χ3v) is 12.9. The zero-order valence-electron chi connectivity index (χ0n) is 27.7. The lowest BCUT2D eigenvalue weighted by Crippen LogP contribution is -2.48. The first kappa shape index (κ1) is 31.8. The number of hydrogen-bond donors (Lipinski definition) is 1. The number of aryl methyl sites for hydroxylation is 2. The maximum Gasteiger partial charge on any atom is 0.242 e. The van der Waals surface area contributed by atoms with Crippen molar-refractivity contribution in [3.63, 3.8) is 0 Å².